The fourth-order valence-corrected chi connectivity index (χ4v) is 4.43. The highest BCUT2D eigenvalue weighted by Gasteiger charge is 2.58. The average molecular weight is 379 g/mol. The van der Waals surface area contributed by atoms with Gasteiger partial charge in [-0.25, -0.2) is 0 Å². The van der Waals surface area contributed by atoms with E-state index in [1.54, 1.807) is 6.08 Å². The molecule has 1 aromatic carbocycles. The molecule has 4 rings (SSSR count). The summed E-state index contributed by atoms with van der Waals surface area (Å²) in [5.41, 5.74) is 1.57. The van der Waals surface area contributed by atoms with Gasteiger partial charge < -0.3 is 9.64 Å². The fraction of sp³-hybridized carbons (Fsp3) is 0.458. The monoisotopic (exact) mass is 378 g/mol. The lowest BCUT2D eigenvalue weighted by Crippen LogP contribution is -2.56. The number of benzene rings is 1. The first kappa shape index (κ1) is 19.2. The molecule has 1 saturated carbocycles. The number of nitrogens with zero attached hydrogens (tertiary/aromatic N) is 2. The second-order valence-electron chi connectivity index (χ2n) is 8.27. The van der Waals surface area contributed by atoms with Crippen LogP contribution in [-0.4, -0.2) is 48.7 Å². The van der Waals surface area contributed by atoms with Gasteiger partial charge in [0, 0.05) is 12.2 Å². The Morgan fingerprint density at radius 2 is 1.93 bits per heavy atom. The Balaban J connectivity index is 1.38. The van der Waals surface area contributed by atoms with Gasteiger partial charge in [0.25, 0.3) is 5.91 Å². The molecule has 1 unspecified atom stereocenters. The first-order valence-electron chi connectivity index (χ1n) is 10.4. The predicted octanol–water partition coefficient (Wildman–Crippen LogP) is 3.96. The minimum Gasteiger partial charge on any atom is -0.360 e. The number of ether oxygens (including phenoxy) is 1. The zero-order chi connectivity index (χ0) is 19.6. The third kappa shape index (κ3) is 3.98. The van der Waals surface area contributed by atoms with Gasteiger partial charge in [-0.15, -0.1) is 0 Å². The number of allylic oxidation sites excluding steroid dienone is 2. The summed E-state index contributed by atoms with van der Waals surface area (Å²) < 4.78 is 6.41. The molecule has 1 aromatic rings. The van der Waals surface area contributed by atoms with Crippen molar-refractivity contribution in [2.75, 3.05) is 31.1 Å². The summed E-state index contributed by atoms with van der Waals surface area (Å²) in [4.78, 5) is 17.4. The molecule has 0 radical (unpaired) electrons. The molecule has 2 heterocycles. The van der Waals surface area contributed by atoms with Crippen molar-refractivity contribution in [1.82, 2.24) is 4.90 Å². The number of amides is 1. The topological polar surface area (TPSA) is 32.8 Å². The lowest BCUT2D eigenvalue weighted by molar-refractivity contribution is -0.149. The zero-order valence-electron chi connectivity index (χ0n) is 16.6. The van der Waals surface area contributed by atoms with Gasteiger partial charge in [0.1, 0.15) is 5.60 Å². The summed E-state index contributed by atoms with van der Waals surface area (Å²) in [5, 5.41) is 0. The van der Waals surface area contributed by atoms with Gasteiger partial charge in [-0.1, -0.05) is 49.6 Å². The second kappa shape index (κ2) is 8.06. The van der Waals surface area contributed by atoms with Crippen LogP contribution in [0.5, 0.6) is 0 Å². The van der Waals surface area contributed by atoms with E-state index in [2.05, 4.69) is 18.1 Å². The third-order valence-electron chi connectivity index (χ3n) is 6.20. The maximum Gasteiger partial charge on any atom is 0.259 e. The van der Waals surface area contributed by atoms with Crippen molar-refractivity contribution in [3.8, 4) is 0 Å². The maximum atomic E-state index is 13.0. The molecule has 1 spiro atoms. The molecule has 1 amide bonds. The molecule has 4 nitrogen and oxygen atoms in total. The molecule has 0 aromatic heterocycles. The van der Waals surface area contributed by atoms with Crippen LogP contribution >= 0.6 is 0 Å². The van der Waals surface area contributed by atoms with E-state index in [0.29, 0.717) is 12.5 Å². The molecule has 28 heavy (non-hydrogen) atoms. The lowest BCUT2D eigenvalue weighted by Gasteiger charge is -2.43. The predicted molar refractivity (Wildman–Crippen MR) is 113 cm³/mol. The van der Waals surface area contributed by atoms with E-state index >= 15 is 0 Å². The highest BCUT2D eigenvalue weighted by Crippen LogP contribution is 2.47. The first-order chi connectivity index (χ1) is 13.6. The Labute approximate surface area is 168 Å². The average Bonchev–Trinajstić information content (AvgIpc) is 3.50. The summed E-state index contributed by atoms with van der Waals surface area (Å²) in [7, 11) is 0. The summed E-state index contributed by atoms with van der Waals surface area (Å²) >= 11 is 0. The molecule has 1 atom stereocenters. The number of piperidine rings is 1. The van der Waals surface area contributed by atoms with E-state index in [9.17, 15) is 4.79 Å². The molecule has 2 aliphatic heterocycles. The molecule has 0 bridgehead atoms. The first-order valence-corrected chi connectivity index (χ1v) is 10.4. The van der Waals surface area contributed by atoms with Gasteiger partial charge in [-0.3, -0.25) is 9.69 Å². The van der Waals surface area contributed by atoms with Crippen molar-refractivity contribution < 1.29 is 9.53 Å². The number of morpholine rings is 1. The van der Waals surface area contributed by atoms with Crippen molar-refractivity contribution in [3.63, 3.8) is 0 Å². The highest BCUT2D eigenvalue weighted by molar-refractivity contribution is 6.02. The number of rotatable bonds is 6. The van der Waals surface area contributed by atoms with E-state index in [1.165, 1.54) is 0 Å². The Morgan fingerprint density at radius 3 is 2.57 bits per heavy atom. The van der Waals surface area contributed by atoms with Gasteiger partial charge in [-0.2, -0.15) is 0 Å². The zero-order valence-corrected chi connectivity index (χ0v) is 16.6. The molecule has 2 saturated heterocycles. The highest BCUT2D eigenvalue weighted by atomic mass is 16.5. The van der Waals surface area contributed by atoms with Gasteiger partial charge >= 0.3 is 0 Å². The van der Waals surface area contributed by atoms with E-state index in [-0.39, 0.29) is 12.0 Å². The number of hydrogen-bond acceptors (Lipinski definition) is 3. The Morgan fingerprint density at radius 1 is 1.21 bits per heavy atom. The quantitative estimate of drug-likeness (QED) is 0.703. The minimum absolute atomic E-state index is 0.131. The van der Waals surface area contributed by atoms with E-state index in [0.717, 1.165) is 56.6 Å². The van der Waals surface area contributed by atoms with E-state index < -0.39 is 5.60 Å². The van der Waals surface area contributed by atoms with Crippen LogP contribution in [0.2, 0.25) is 0 Å². The summed E-state index contributed by atoms with van der Waals surface area (Å²) in [6.07, 6.45) is 9.82. The molecule has 3 aliphatic rings. The van der Waals surface area contributed by atoms with Gasteiger partial charge in [0.05, 0.1) is 12.6 Å². The maximum absolute atomic E-state index is 13.0. The van der Waals surface area contributed by atoms with Crippen LogP contribution < -0.4 is 4.90 Å². The van der Waals surface area contributed by atoms with E-state index in [4.69, 9.17) is 4.74 Å². The molecule has 0 N–H and O–H groups in total. The molecule has 148 valence electrons. The number of hydrogen-bond donors (Lipinski definition) is 0. The molecular formula is C24H30N2O2. The number of carbonyl (C=O) groups excluding carboxylic acids is 1. The van der Waals surface area contributed by atoms with Crippen molar-refractivity contribution in [3.05, 3.63) is 67.3 Å². The summed E-state index contributed by atoms with van der Waals surface area (Å²) in [6.45, 7) is 11.5. The Kier molecular flexibility index (Phi) is 5.51. The van der Waals surface area contributed by atoms with Crippen molar-refractivity contribution in [1.29, 1.82) is 0 Å². The van der Waals surface area contributed by atoms with Crippen LogP contribution in [0.4, 0.5) is 5.69 Å². The molecule has 3 fully saturated rings. The van der Waals surface area contributed by atoms with Crippen LogP contribution in [0.25, 0.3) is 0 Å². The number of carbonyl (C=O) groups is 1. The van der Waals surface area contributed by atoms with Crippen LogP contribution in [0, 0.1) is 5.92 Å². The van der Waals surface area contributed by atoms with Gasteiger partial charge in [0.2, 0.25) is 0 Å². The van der Waals surface area contributed by atoms with Gasteiger partial charge in [0.15, 0.2) is 0 Å². The SMILES string of the molecule is C=C/C=C\C(=C)CN1CCC(C2CN(c3ccccc3)C(=O)C3(CC3)O2)CC1. The summed E-state index contributed by atoms with van der Waals surface area (Å²) in [6, 6.07) is 10.0. The number of likely N-dealkylation sites (tertiary alicyclic amines) is 1. The third-order valence-corrected chi connectivity index (χ3v) is 6.20. The smallest absolute Gasteiger partial charge is 0.259 e. The van der Waals surface area contributed by atoms with E-state index in [1.807, 2.05) is 47.4 Å². The largest absolute Gasteiger partial charge is 0.360 e. The number of anilines is 1. The molecular weight excluding hydrogens is 348 g/mol. The second-order valence-corrected chi connectivity index (χ2v) is 8.27. The lowest BCUT2D eigenvalue weighted by atomic mass is 9.89. The Hall–Kier alpha value is -2.17. The Bertz CT molecular complexity index is 758. The van der Waals surface area contributed by atoms with Crippen molar-refractivity contribution in [2.45, 2.75) is 37.4 Å². The number of para-hydroxylation sites is 1. The fourth-order valence-electron chi connectivity index (χ4n) is 4.43. The van der Waals surface area contributed by atoms with Crippen molar-refractivity contribution in [2.24, 2.45) is 5.92 Å². The van der Waals surface area contributed by atoms with Crippen LogP contribution in [-0.2, 0) is 9.53 Å². The normalized spacial score (nSPS) is 25.4. The standard InChI is InChI=1S/C24H30N2O2/c1-3-4-8-19(2)17-25-15-11-20(12-16-25)22-18-26(21-9-6-5-7-10-21)23(27)24(28-22)13-14-24/h3-10,20,22H,1-2,11-18H2/b8-4-. The molecule has 1 aliphatic carbocycles. The van der Waals surface area contributed by atoms with Crippen LogP contribution in [0.3, 0.4) is 0 Å². The minimum atomic E-state index is -0.542. The van der Waals surface area contributed by atoms with Crippen molar-refractivity contribution >= 4 is 11.6 Å². The van der Waals surface area contributed by atoms with Crippen LogP contribution in [0.15, 0.2) is 67.3 Å². The molecule has 4 heteroatoms. The summed E-state index contributed by atoms with van der Waals surface area (Å²) in [5.74, 6) is 0.655. The van der Waals surface area contributed by atoms with Crippen LogP contribution in [0.1, 0.15) is 25.7 Å². The van der Waals surface area contributed by atoms with Gasteiger partial charge in [-0.05, 0) is 62.4 Å².